The number of alkyl halides is 3. The Morgan fingerprint density at radius 1 is 1.53 bits per heavy atom. The van der Waals surface area contributed by atoms with Gasteiger partial charge >= 0.3 is 12.1 Å². The van der Waals surface area contributed by atoms with Gasteiger partial charge < -0.3 is 15.3 Å². The first-order chi connectivity index (χ1) is 6.86. The maximum absolute atomic E-state index is 12.2. The Morgan fingerprint density at radius 2 is 2.13 bits per heavy atom. The molecule has 0 saturated carbocycles. The van der Waals surface area contributed by atoms with Gasteiger partial charge in [0.2, 0.25) is 0 Å². The topological polar surface area (TPSA) is 72.3 Å². The second-order valence-corrected chi connectivity index (χ2v) is 3.09. The van der Waals surface area contributed by atoms with E-state index in [1.165, 1.54) is 6.92 Å². The highest BCUT2D eigenvalue weighted by atomic mass is 19.4. The molecule has 1 rings (SSSR count). The number of aliphatic hydroxyl groups is 1. The van der Waals surface area contributed by atoms with E-state index in [0.717, 1.165) is 0 Å². The first-order valence-corrected chi connectivity index (χ1v) is 4.27. The van der Waals surface area contributed by atoms with Crippen LogP contribution in [0.1, 0.15) is 29.8 Å². The molecule has 1 atom stereocenters. The number of aromatic nitrogens is 1. The molecule has 0 aliphatic heterocycles. The normalized spacial score (nSPS) is 14.3. The van der Waals surface area contributed by atoms with Crippen molar-refractivity contribution >= 4 is 0 Å². The lowest BCUT2D eigenvalue weighted by atomic mass is 10.1. The van der Waals surface area contributed by atoms with Crippen molar-refractivity contribution in [3.63, 3.8) is 0 Å². The summed E-state index contributed by atoms with van der Waals surface area (Å²) in [4.78, 5) is 3.23. The molecule has 1 aromatic heterocycles. The van der Waals surface area contributed by atoms with Crippen LogP contribution in [0.3, 0.4) is 0 Å². The summed E-state index contributed by atoms with van der Waals surface area (Å²) < 4.78 is 41.1. The fraction of sp³-hybridized carbons (Fsp3) is 0.625. The molecule has 86 valence electrons. The van der Waals surface area contributed by atoms with Gasteiger partial charge in [-0.2, -0.15) is 13.2 Å². The minimum atomic E-state index is -4.61. The van der Waals surface area contributed by atoms with Crippen LogP contribution in [0.2, 0.25) is 0 Å². The van der Waals surface area contributed by atoms with E-state index in [-0.39, 0.29) is 24.5 Å². The Morgan fingerprint density at radius 3 is 2.53 bits per heavy atom. The molecule has 4 nitrogen and oxygen atoms in total. The van der Waals surface area contributed by atoms with Crippen molar-refractivity contribution in [3.8, 4) is 0 Å². The quantitative estimate of drug-likeness (QED) is 0.813. The van der Waals surface area contributed by atoms with E-state index >= 15 is 0 Å². The van der Waals surface area contributed by atoms with Gasteiger partial charge in [0.05, 0.1) is 11.7 Å². The summed E-state index contributed by atoms with van der Waals surface area (Å²) in [6.45, 7) is 1.16. The molecule has 0 amide bonds. The third kappa shape index (κ3) is 2.69. The summed E-state index contributed by atoms with van der Waals surface area (Å²) in [6.07, 6.45) is -4.48. The van der Waals surface area contributed by atoms with Crippen molar-refractivity contribution in [2.45, 2.75) is 25.6 Å². The highest BCUT2D eigenvalue weighted by Crippen LogP contribution is 2.31. The lowest BCUT2D eigenvalue weighted by Gasteiger charge is -2.06. The Labute approximate surface area is 83.9 Å². The highest BCUT2D eigenvalue weighted by molar-refractivity contribution is 5.13. The lowest BCUT2D eigenvalue weighted by Crippen LogP contribution is -2.12. The summed E-state index contributed by atoms with van der Waals surface area (Å²) >= 11 is 0. The van der Waals surface area contributed by atoms with Gasteiger partial charge in [-0.25, -0.2) is 4.98 Å². The molecule has 0 aliphatic carbocycles. The standard InChI is InChI=1S/C8H11F3N2O2/c1-4-6(5(12)2-3-14)15-7(13-4)8(9,10)11/h5,14H,2-3,12H2,1H3. The number of hydrogen-bond acceptors (Lipinski definition) is 4. The molecule has 0 aromatic carbocycles. The lowest BCUT2D eigenvalue weighted by molar-refractivity contribution is -0.157. The van der Waals surface area contributed by atoms with Gasteiger partial charge in [-0.1, -0.05) is 0 Å². The molecule has 0 fully saturated rings. The van der Waals surface area contributed by atoms with Crippen LogP contribution in [-0.2, 0) is 6.18 Å². The number of nitrogens with zero attached hydrogens (tertiary/aromatic N) is 1. The maximum Gasteiger partial charge on any atom is 0.468 e. The zero-order valence-corrected chi connectivity index (χ0v) is 8.01. The predicted molar refractivity (Wildman–Crippen MR) is 44.9 cm³/mol. The third-order valence-electron chi connectivity index (χ3n) is 1.85. The van der Waals surface area contributed by atoms with E-state index in [2.05, 4.69) is 9.40 Å². The molecule has 15 heavy (non-hydrogen) atoms. The average Bonchev–Trinajstić information content (AvgIpc) is 2.47. The van der Waals surface area contributed by atoms with Crippen LogP contribution in [0.15, 0.2) is 4.42 Å². The summed E-state index contributed by atoms with van der Waals surface area (Å²) in [6, 6.07) is -0.765. The van der Waals surface area contributed by atoms with Gasteiger partial charge in [-0.3, -0.25) is 0 Å². The first-order valence-electron chi connectivity index (χ1n) is 4.27. The average molecular weight is 224 g/mol. The van der Waals surface area contributed by atoms with Crippen LogP contribution < -0.4 is 5.73 Å². The molecule has 1 unspecified atom stereocenters. The van der Waals surface area contributed by atoms with E-state index in [4.69, 9.17) is 10.8 Å². The summed E-state index contributed by atoms with van der Waals surface area (Å²) in [5, 5.41) is 8.59. The second kappa shape index (κ2) is 4.19. The highest BCUT2D eigenvalue weighted by Gasteiger charge is 2.38. The van der Waals surface area contributed by atoms with Gasteiger partial charge in [0, 0.05) is 6.61 Å². The van der Waals surface area contributed by atoms with E-state index in [1.54, 1.807) is 0 Å². The van der Waals surface area contributed by atoms with Crippen LogP contribution in [0.4, 0.5) is 13.2 Å². The van der Waals surface area contributed by atoms with Crippen molar-refractivity contribution in [1.29, 1.82) is 0 Å². The number of nitrogens with two attached hydrogens (primary N) is 1. The Bertz CT molecular complexity index is 335. The van der Waals surface area contributed by atoms with E-state index < -0.39 is 18.1 Å². The van der Waals surface area contributed by atoms with Crippen molar-refractivity contribution in [1.82, 2.24) is 4.98 Å². The van der Waals surface area contributed by atoms with Gasteiger partial charge in [0.1, 0.15) is 5.76 Å². The molecule has 0 bridgehead atoms. The number of oxazole rings is 1. The van der Waals surface area contributed by atoms with Crippen LogP contribution >= 0.6 is 0 Å². The van der Waals surface area contributed by atoms with E-state index in [1.807, 2.05) is 0 Å². The maximum atomic E-state index is 12.2. The van der Waals surface area contributed by atoms with Crippen molar-refractivity contribution in [3.05, 3.63) is 17.3 Å². The molecular weight excluding hydrogens is 213 g/mol. The van der Waals surface area contributed by atoms with Crippen molar-refractivity contribution in [2.75, 3.05) is 6.61 Å². The third-order valence-corrected chi connectivity index (χ3v) is 1.85. The van der Waals surface area contributed by atoms with Gasteiger partial charge in [0.15, 0.2) is 0 Å². The van der Waals surface area contributed by atoms with Gasteiger partial charge in [-0.15, -0.1) is 0 Å². The van der Waals surface area contributed by atoms with Crippen LogP contribution in [0.25, 0.3) is 0 Å². The number of aryl methyl sites for hydroxylation is 1. The monoisotopic (exact) mass is 224 g/mol. The number of rotatable bonds is 3. The Hall–Kier alpha value is -1.08. The van der Waals surface area contributed by atoms with E-state index in [0.29, 0.717) is 0 Å². The number of aliphatic hydroxyl groups excluding tert-OH is 1. The molecule has 3 N–H and O–H groups in total. The summed E-state index contributed by atoms with van der Waals surface area (Å²) in [5.41, 5.74) is 5.60. The molecule has 0 saturated heterocycles. The molecule has 0 aliphatic rings. The zero-order valence-electron chi connectivity index (χ0n) is 8.01. The zero-order chi connectivity index (χ0) is 11.6. The SMILES string of the molecule is Cc1nc(C(F)(F)F)oc1C(N)CCO. The molecule has 1 aromatic rings. The van der Waals surface area contributed by atoms with Crippen LogP contribution in [0.5, 0.6) is 0 Å². The number of halogens is 3. The second-order valence-electron chi connectivity index (χ2n) is 3.09. The molecule has 0 radical (unpaired) electrons. The number of hydrogen-bond donors (Lipinski definition) is 2. The summed E-state index contributed by atoms with van der Waals surface area (Å²) in [5.74, 6) is -1.33. The van der Waals surface area contributed by atoms with Gasteiger partial charge in [0.25, 0.3) is 0 Å². The van der Waals surface area contributed by atoms with Crippen molar-refractivity contribution in [2.24, 2.45) is 5.73 Å². The van der Waals surface area contributed by atoms with Crippen LogP contribution in [0, 0.1) is 6.92 Å². The molecule has 7 heteroatoms. The van der Waals surface area contributed by atoms with Gasteiger partial charge in [-0.05, 0) is 13.3 Å². The fourth-order valence-corrected chi connectivity index (χ4v) is 1.14. The molecule has 1 heterocycles. The molecular formula is C8H11F3N2O2. The Balaban J connectivity index is 2.96. The smallest absolute Gasteiger partial charge is 0.436 e. The Kier molecular flexibility index (Phi) is 3.35. The minimum absolute atomic E-state index is 0.0311. The summed E-state index contributed by atoms with van der Waals surface area (Å²) in [7, 11) is 0. The van der Waals surface area contributed by atoms with E-state index in [9.17, 15) is 13.2 Å². The largest absolute Gasteiger partial charge is 0.468 e. The van der Waals surface area contributed by atoms with Crippen molar-refractivity contribution < 1.29 is 22.7 Å². The predicted octanol–water partition coefficient (Wildman–Crippen LogP) is 1.38. The van der Waals surface area contributed by atoms with Crippen LogP contribution in [-0.4, -0.2) is 16.7 Å². The fourth-order valence-electron chi connectivity index (χ4n) is 1.14. The molecule has 0 spiro atoms. The minimum Gasteiger partial charge on any atom is -0.436 e. The first kappa shape index (κ1) is 12.0.